The lowest BCUT2D eigenvalue weighted by atomic mass is 9.84. The predicted molar refractivity (Wildman–Crippen MR) is 95.8 cm³/mol. The van der Waals surface area contributed by atoms with E-state index in [1.807, 2.05) is 13.8 Å². The van der Waals surface area contributed by atoms with E-state index in [1.54, 1.807) is 0 Å². The van der Waals surface area contributed by atoms with Crippen molar-refractivity contribution in [3.05, 3.63) is 0 Å². The molecule has 4 amide bonds. The van der Waals surface area contributed by atoms with Crippen molar-refractivity contribution in [2.24, 2.45) is 11.8 Å². The van der Waals surface area contributed by atoms with Crippen LogP contribution in [0.25, 0.3) is 0 Å². The molecule has 25 heavy (non-hydrogen) atoms. The predicted octanol–water partition coefficient (Wildman–Crippen LogP) is 4.10. The number of barbiturate groups is 1. The molecule has 0 N–H and O–H groups in total. The van der Waals surface area contributed by atoms with Crippen molar-refractivity contribution in [2.75, 3.05) is 0 Å². The molecule has 0 spiro atoms. The Morgan fingerprint density at radius 3 is 1.56 bits per heavy atom. The minimum atomic E-state index is -0.674. The van der Waals surface area contributed by atoms with Gasteiger partial charge in [-0.3, -0.25) is 19.4 Å². The van der Waals surface area contributed by atoms with E-state index in [0.717, 1.165) is 57.8 Å². The summed E-state index contributed by atoms with van der Waals surface area (Å²) in [7, 11) is 0. The fraction of sp³-hybridized carbons (Fsp3) is 0.850. The van der Waals surface area contributed by atoms with Crippen molar-refractivity contribution in [3.8, 4) is 0 Å². The molecule has 2 saturated carbocycles. The van der Waals surface area contributed by atoms with Gasteiger partial charge in [-0.1, -0.05) is 58.8 Å². The first kappa shape index (κ1) is 18.4. The van der Waals surface area contributed by atoms with Crippen LogP contribution in [0, 0.1) is 11.8 Å². The third-order valence-electron chi connectivity index (χ3n) is 6.51. The second kappa shape index (κ2) is 7.88. The highest BCUT2D eigenvalue weighted by atomic mass is 16.2. The van der Waals surface area contributed by atoms with Crippen LogP contribution in [0.5, 0.6) is 0 Å². The standard InChI is InChI=1S/C20H32N2O3/c1-3-14(2)17-18(23)21(15-10-6-4-7-11-15)20(25)22(19(17)24)16-12-8-5-9-13-16/h14-17H,3-13H2,1-2H3. The molecule has 5 heteroatoms. The van der Waals surface area contributed by atoms with E-state index < -0.39 is 5.92 Å². The van der Waals surface area contributed by atoms with Crippen LogP contribution in [0.15, 0.2) is 0 Å². The average Bonchev–Trinajstić information content (AvgIpc) is 2.63. The Balaban J connectivity index is 1.92. The quantitative estimate of drug-likeness (QED) is 0.719. The van der Waals surface area contributed by atoms with E-state index in [1.165, 1.54) is 22.6 Å². The molecule has 3 rings (SSSR count). The molecule has 3 aliphatic rings. The summed E-state index contributed by atoms with van der Waals surface area (Å²) < 4.78 is 0. The first-order valence-corrected chi connectivity index (χ1v) is 10.3. The third-order valence-corrected chi connectivity index (χ3v) is 6.51. The Bertz CT molecular complexity index is 481. The molecule has 0 aromatic heterocycles. The van der Waals surface area contributed by atoms with Crippen LogP contribution in [-0.4, -0.2) is 39.7 Å². The van der Waals surface area contributed by atoms with Crippen molar-refractivity contribution >= 4 is 17.8 Å². The molecule has 5 nitrogen and oxygen atoms in total. The first-order chi connectivity index (χ1) is 12.1. The molecule has 1 unspecified atom stereocenters. The van der Waals surface area contributed by atoms with E-state index >= 15 is 0 Å². The average molecular weight is 348 g/mol. The Kier molecular flexibility index (Phi) is 5.80. The summed E-state index contributed by atoms with van der Waals surface area (Å²) in [6.45, 7) is 3.98. The summed E-state index contributed by atoms with van der Waals surface area (Å²) in [6.07, 6.45) is 10.9. The fourth-order valence-electron chi connectivity index (χ4n) is 4.78. The molecule has 1 saturated heterocycles. The largest absolute Gasteiger partial charge is 0.333 e. The van der Waals surface area contributed by atoms with Gasteiger partial charge in [-0.2, -0.15) is 0 Å². The Morgan fingerprint density at radius 2 is 1.20 bits per heavy atom. The molecule has 0 bridgehead atoms. The summed E-state index contributed by atoms with van der Waals surface area (Å²) >= 11 is 0. The van der Waals surface area contributed by atoms with E-state index in [-0.39, 0.29) is 35.8 Å². The maximum atomic E-state index is 13.2. The Hall–Kier alpha value is -1.39. The zero-order chi connectivity index (χ0) is 18.0. The van der Waals surface area contributed by atoms with E-state index in [0.29, 0.717) is 0 Å². The topological polar surface area (TPSA) is 57.7 Å². The normalized spacial score (nSPS) is 26.4. The molecule has 1 aliphatic heterocycles. The van der Waals surface area contributed by atoms with Crippen molar-refractivity contribution in [2.45, 2.75) is 96.6 Å². The van der Waals surface area contributed by atoms with Gasteiger partial charge in [0, 0.05) is 12.1 Å². The summed E-state index contributed by atoms with van der Waals surface area (Å²) in [5.41, 5.74) is 0. The molecule has 0 aromatic rings. The number of carbonyl (C=O) groups is 3. The highest BCUT2D eigenvalue weighted by Crippen LogP contribution is 2.35. The number of carbonyl (C=O) groups excluding carboxylic acids is 3. The zero-order valence-electron chi connectivity index (χ0n) is 15.7. The number of rotatable bonds is 4. The van der Waals surface area contributed by atoms with Crippen LogP contribution in [-0.2, 0) is 9.59 Å². The number of nitrogens with zero attached hydrogens (tertiary/aromatic N) is 2. The molecular formula is C20H32N2O3. The number of urea groups is 1. The maximum absolute atomic E-state index is 13.2. The fourth-order valence-corrected chi connectivity index (χ4v) is 4.78. The Labute approximate surface area is 151 Å². The smallest absolute Gasteiger partial charge is 0.273 e. The molecule has 0 aromatic carbocycles. The van der Waals surface area contributed by atoms with Gasteiger partial charge in [0.2, 0.25) is 11.8 Å². The second-order valence-electron chi connectivity index (χ2n) is 8.15. The van der Waals surface area contributed by atoms with Gasteiger partial charge in [0.15, 0.2) is 0 Å². The number of imide groups is 2. The van der Waals surface area contributed by atoms with E-state index in [9.17, 15) is 14.4 Å². The lowest BCUT2D eigenvalue weighted by Crippen LogP contribution is -2.65. The number of amides is 4. The number of hydrogen-bond donors (Lipinski definition) is 0. The van der Waals surface area contributed by atoms with Gasteiger partial charge in [0.1, 0.15) is 5.92 Å². The lowest BCUT2D eigenvalue weighted by Gasteiger charge is -2.46. The summed E-state index contributed by atoms with van der Waals surface area (Å²) in [4.78, 5) is 42.5. The number of hydrogen-bond acceptors (Lipinski definition) is 3. The highest BCUT2D eigenvalue weighted by Gasteiger charge is 2.51. The van der Waals surface area contributed by atoms with Gasteiger partial charge in [-0.25, -0.2) is 4.79 Å². The molecule has 1 heterocycles. The maximum Gasteiger partial charge on any atom is 0.333 e. The monoisotopic (exact) mass is 348 g/mol. The van der Waals surface area contributed by atoms with E-state index in [4.69, 9.17) is 0 Å². The molecule has 2 aliphatic carbocycles. The van der Waals surface area contributed by atoms with Crippen LogP contribution in [0.2, 0.25) is 0 Å². The van der Waals surface area contributed by atoms with Crippen molar-refractivity contribution in [1.82, 2.24) is 9.80 Å². The van der Waals surface area contributed by atoms with E-state index in [2.05, 4.69) is 0 Å². The highest BCUT2D eigenvalue weighted by molar-refractivity contribution is 6.16. The van der Waals surface area contributed by atoms with Gasteiger partial charge in [0.25, 0.3) is 0 Å². The Morgan fingerprint density at radius 1 is 0.800 bits per heavy atom. The SMILES string of the molecule is CCC(C)C1C(=O)N(C2CCCCC2)C(=O)N(C2CCCCC2)C1=O. The van der Waals surface area contributed by atoms with Crippen LogP contribution in [0.1, 0.15) is 84.5 Å². The van der Waals surface area contributed by atoms with Crippen LogP contribution in [0.4, 0.5) is 4.79 Å². The van der Waals surface area contributed by atoms with Gasteiger partial charge in [-0.15, -0.1) is 0 Å². The first-order valence-electron chi connectivity index (χ1n) is 10.3. The van der Waals surface area contributed by atoms with Crippen molar-refractivity contribution < 1.29 is 14.4 Å². The van der Waals surface area contributed by atoms with Gasteiger partial charge in [0.05, 0.1) is 0 Å². The summed E-state index contributed by atoms with van der Waals surface area (Å²) in [5.74, 6) is -1.16. The van der Waals surface area contributed by atoms with Crippen LogP contribution in [0.3, 0.4) is 0 Å². The third kappa shape index (κ3) is 3.47. The molecule has 140 valence electrons. The van der Waals surface area contributed by atoms with Gasteiger partial charge >= 0.3 is 6.03 Å². The van der Waals surface area contributed by atoms with Gasteiger partial charge < -0.3 is 0 Å². The van der Waals surface area contributed by atoms with Crippen molar-refractivity contribution in [3.63, 3.8) is 0 Å². The van der Waals surface area contributed by atoms with Crippen molar-refractivity contribution in [1.29, 1.82) is 0 Å². The summed E-state index contributed by atoms with van der Waals surface area (Å²) in [5, 5.41) is 0. The zero-order valence-corrected chi connectivity index (χ0v) is 15.7. The minimum absolute atomic E-state index is 0.0144. The van der Waals surface area contributed by atoms with Gasteiger partial charge in [-0.05, 0) is 31.6 Å². The summed E-state index contributed by atoms with van der Waals surface area (Å²) in [6, 6.07) is -0.354. The molecule has 0 radical (unpaired) electrons. The van der Waals surface area contributed by atoms with Crippen LogP contribution < -0.4 is 0 Å². The second-order valence-corrected chi connectivity index (χ2v) is 8.15. The molecular weight excluding hydrogens is 316 g/mol. The van der Waals surface area contributed by atoms with Crippen LogP contribution >= 0.6 is 0 Å². The lowest BCUT2D eigenvalue weighted by molar-refractivity contribution is -0.155. The minimum Gasteiger partial charge on any atom is -0.273 e. The molecule has 1 atom stereocenters. The molecule has 3 fully saturated rings.